The highest BCUT2D eigenvalue weighted by molar-refractivity contribution is 8.00. The van der Waals surface area contributed by atoms with Crippen LogP contribution in [-0.2, 0) is 4.79 Å². The number of hydrogen-bond acceptors (Lipinski definition) is 3. The van der Waals surface area contributed by atoms with E-state index in [1.807, 2.05) is 37.8 Å². The van der Waals surface area contributed by atoms with Gasteiger partial charge in [0.2, 0.25) is 5.91 Å². The second-order valence-electron chi connectivity index (χ2n) is 7.21. The van der Waals surface area contributed by atoms with E-state index in [0.717, 1.165) is 0 Å². The fraction of sp³-hybridized carbons (Fsp3) is 0.556. The lowest BCUT2D eigenvalue weighted by atomic mass is 10.1. The molecule has 1 saturated heterocycles. The summed E-state index contributed by atoms with van der Waals surface area (Å²) < 4.78 is 0. The SMILES string of the molecule is Cc1ccccc1[C@H]1SCC(=O)N1CCN(C)C(=O)NC(C)(C)C. The van der Waals surface area contributed by atoms with Gasteiger partial charge in [0.05, 0.1) is 5.75 Å². The highest BCUT2D eigenvalue weighted by Gasteiger charge is 2.33. The number of urea groups is 1. The van der Waals surface area contributed by atoms with Gasteiger partial charge < -0.3 is 15.1 Å². The summed E-state index contributed by atoms with van der Waals surface area (Å²) >= 11 is 1.65. The molecule has 5 nitrogen and oxygen atoms in total. The van der Waals surface area contributed by atoms with Gasteiger partial charge in [0.15, 0.2) is 0 Å². The van der Waals surface area contributed by atoms with Crippen LogP contribution < -0.4 is 5.32 Å². The van der Waals surface area contributed by atoms with Crippen LogP contribution in [0.2, 0.25) is 0 Å². The molecular weight excluding hydrogens is 322 g/mol. The van der Waals surface area contributed by atoms with Gasteiger partial charge >= 0.3 is 6.03 Å². The van der Waals surface area contributed by atoms with Gasteiger partial charge in [-0.1, -0.05) is 24.3 Å². The van der Waals surface area contributed by atoms with E-state index in [1.54, 1.807) is 23.7 Å². The average molecular weight is 350 g/mol. The maximum atomic E-state index is 12.3. The number of amides is 3. The van der Waals surface area contributed by atoms with Crippen molar-refractivity contribution in [2.45, 2.75) is 38.6 Å². The molecule has 1 heterocycles. The Labute approximate surface area is 148 Å². The van der Waals surface area contributed by atoms with Gasteiger partial charge in [0, 0.05) is 25.7 Å². The van der Waals surface area contributed by atoms with E-state index in [1.165, 1.54) is 11.1 Å². The summed E-state index contributed by atoms with van der Waals surface area (Å²) in [4.78, 5) is 27.9. The third-order valence-electron chi connectivity index (χ3n) is 3.93. The number of nitrogens with one attached hydrogen (secondary N) is 1. The van der Waals surface area contributed by atoms with Crippen molar-refractivity contribution in [3.8, 4) is 0 Å². The second-order valence-corrected chi connectivity index (χ2v) is 8.28. The molecule has 24 heavy (non-hydrogen) atoms. The number of nitrogens with zero attached hydrogens (tertiary/aromatic N) is 2. The molecule has 0 unspecified atom stereocenters. The summed E-state index contributed by atoms with van der Waals surface area (Å²) in [5.74, 6) is 0.634. The summed E-state index contributed by atoms with van der Waals surface area (Å²) in [5.41, 5.74) is 2.10. The molecule has 1 aliphatic heterocycles. The number of aryl methyl sites for hydroxylation is 1. The van der Waals surface area contributed by atoms with E-state index in [2.05, 4.69) is 24.4 Å². The van der Waals surface area contributed by atoms with Crippen LogP contribution >= 0.6 is 11.8 Å². The van der Waals surface area contributed by atoms with Gasteiger partial charge in [-0.2, -0.15) is 0 Å². The molecule has 1 N–H and O–H groups in total. The molecule has 0 radical (unpaired) electrons. The summed E-state index contributed by atoms with van der Waals surface area (Å²) in [6.07, 6.45) is 0. The van der Waals surface area contributed by atoms with E-state index >= 15 is 0 Å². The maximum absolute atomic E-state index is 12.3. The largest absolute Gasteiger partial charge is 0.333 e. The average Bonchev–Trinajstić information content (AvgIpc) is 2.84. The molecule has 6 heteroatoms. The Kier molecular flexibility index (Phi) is 5.80. The molecule has 3 amide bonds. The molecule has 1 aromatic carbocycles. The third kappa shape index (κ3) is 4.66. The Hall–Kier alpha value is -1.69. The molecule has 0 aromatic heterocycles. The second kappa shape index (κ2) is 7.47. The molecule has 2 rings (SSSR count). The molecule has 1 aliphatic rings. The van der Waals surface area contributed by atoms with E-state index in [0.29, 0.717) is 18.8 Å². The van der Waals surface area contributed by atoms with Crippen molar-refractivity contribution in [2.75, 3.05) is 25.9 Å². The summed E-state index contributed by atoms with van der Waals surface area (Å²) in [6, 6.07) is 8.05. The molecule has 132 valence electrons. The number of likely N-dealkylation sites (N-methyl/N-ethyl adjacent to an activating group) is 1. The van der Waals surface area contributed by atoms with Crippen molar-refractivity contribution < 1.29 is 9.59 Å². The first-order valence-electron chi connectivity index (χ1n) is 8.19. The van der Waals surface area contributed by atoms with Crippen molar-refractivity contribution in [2.24, 2.45) is 0 Å². The predicted molar refractivity (Wildman–Crippen MR) is 99.0 cm³/mol. The van der Waals surface area contributed by atoms with Crippen molar-refractivity contribution >= 4 is 23.7 Å². The highest BCUT2D eigenvalue weighted by Crippen LogP contribution is 2.39. The lowest BCUT2D eigenvalue weighted by Gasteiger charge is -2.29. The number of rotatable bonds is 4. The van der Waals surface area contributed by atoms with Crippen LogP contribution in [0, 0.1) is 6.92 Å². The van der Waals surface area contributed by atoms with Crippen molar-refractivity contribution in [3.05, 3.63) is 35.4 Å². The van der Waals surface area contributed by atoms with E-state index in [4.69, 9.17) is 0 Å². The van der Waals surface area contributed by atoms with Gasteiger partial charge in [-0.05, 0) is 38.8 Å². The summed E-state index contributed by atoms with van der Waals surface area (Å²) in [6.45, 7) is 8.98. The Morgan fingerprint density at radius 1 is 1.38 bits per heavy atom. The molecule has 1 atom stereocenters. The molecule has 0 spiro atoms. The lowest BCUT2D eigenvalue weighted by molar-refractivity contribution is -0.128. The standard InChI is InChI=1S/C18H27N3O2S/c1-13-8-6-7-9-14(13)16-21(15(22)12-24-16)11-10-20(5)17(23)19-18(2,3)4/h6-9,16H,10-12H2,1-5H3,(H,19,23)/t16-/m1/s1. The quantitative estimate of drug-likeness (QED) is 0.909. The molecule has 1 aromatic rings. The zero-order valence-electron chi connectivity index (χ0n) is 15.1. The summed E-state index contributed by atoms with van der Waals surface area (Å²) in [5, 5.41) is 2.98. The molecule has 0 aliphatic carbocycles. The normalized spacial score (nSPS) is 18.0. The van der Waals surface area contributed by atoms with E-state index in [9.17, 15) is 9.59 Å². The molecule has 0 bridgehead atoms. The van der Waals surface area contributed by atoms with Crippen LogP contribution in [0.1, 0.15) is 37.3 Å². The minimum Gasteiger partial charge on any atom is -0.333 e. The Morgan fingerprint density at radius 3 is 2.67 bits per heavy atom. The Morgan fingerprint density at radius 2 is 2.04 bits per heavy atom. The molecule has 1 fully saturated rings. The lowest BCUT2D eigenvalue weighted by Crippen LogP contribution is -2.49. The van der Waals surface area contributed by atoms with Crippen LogP contribution in [0.3, 0.4) is 0 Å². The van der Waals surface area contributed by atoms with Crippen LogP contribution in [-0.4, -0.2) is 53.2 Å². The van der Waals surface area contributed by atoms with Crippen LogP contribution in [0.4, 0.5) is 4.79 Å². The third-order valence-corrected chi connectivity index (χ3v) is 5.17. The first-order valence-corrected chi connectivity index (χ1v) is 9.24. The van der Waals surface area contributed by atoms with Crippen molar-refractivity contribution in [3.63, 3.8) is 0 Å². The fourth-order valence-corrected chi connectivity index (χ4v) is 3.91. The Bertz CT molecular complexity index is 613. The monoisotopic (exact) mass is 349 g/mol. The van der Waals surface area contributed by atoms with Crippen LogP contribution in [0.15, 0.2) is 24.3 Å². The van der Waals surface area contributed by atoms with Gasteiger partial charge in [0.1, 0.15) is 5.37 Å². The highest BCUT2D eigenvalue weighted by atomic mass is 32.2. The topological polar surface area (TPSA) is 52.7 Å². The predicted octanol–water partition coefficient (Wildman–Crippen LogP) is 3.01. The number of thioether (sulfide) groups is 1. The first kappa shape index (κ1) is 18.6. The minimum atomic E-state index is -0.269. The van der Waals surface area contributed by atoms with E-state index < -0.39 is 0 Å². The number of carbonyl (C=O) groups is 2. The van der Waals surface area contributed by atoms with E-state index in [-0.39, 0.29) is 22.9 Å². The minimum absolute atomic E-state index is 0.0396. The number of benzene rings is 1. The first-order chi connectivity index (χ1) is 11.2. The maximum Gasteiger partial charge on any atom is 0.317 e. The number of carbonyl (C=O) groups excluding carboxylic acids is 2. The van der Waals surface area contributed by atoms with Gasteiger partial charge in [-0.3, -0.25) is 4.79 Å². The van der Waals surface area contributed by atoms with Gasteiger partial charge in [-0.25, -0.2) is 4.79 Å². The van der Waals surface area contributed by atoms with Crippen LogP contribution in [0.5, 0.6) is 0 Å². The summed E-state index contributed by atoms with van der Waals surface area (Å²) in [7, 11) is 1.76. The van der Waals surface area contributed by atoms with Crippen molar-refractivity contribution in [1.82, 2.24) is 15.1 Å². The zero-order chi connectivity index (χ0) is 17.9. The molecule has 0 saturated carbocycles. The Balaban J connectivity index is 2.01. The van der Waals surface area contributed by atoms with Gasteiger partial charge in [-0.15, -0.1) is 11.8 Å². The van der Waals surface area contributed by atoms with Crippen molar-refractivity contribution in [1.29, 1.82) is 0 Å². The zero-order valence-corrected chi connectivity index (χ0v) is 15.9. The smallest absolute Gasteiger partial charge is 0.317 e. The number of hydrogen-bond donors (Lipinski definition) is 1. The van der Waals surface area contributed by atoms with Gasteiger partial charge in [0.25, 0.3) is 0 Å². The fourth-order valence-electron chi connectivity index (χ4n) is 2.59. The molecular formula is C18H27N3O2S. The van der Waals surface area contributed by atoms with Crippen LogP contribution in [0.25, 0.3) is 0 Å².